The predicted octanol–water partition coefficient (Wildman–Crippen LogP) is 3.79. The summed E-state index contributed by atoms with van der Waals surface area (Å²) in [6.45, 7) is 11.4. The lowest BCUT2D eigenvalue weighted by molar-refractivity contribution is -0.115. The van der Waals surface area contributed by atoms with E-state index in [-0.39, 0.29) is 29.9 Å². The molecular formula is C27H35N7O6S. The minimum atomic E-state index is -0.699. The zero-order chi connectivity index (χ0) is 29.9. The van der Waals surface area contributed by atoms with Crippen LogP contribution in [0.2, 0.25) is 0 Å². The Balaban J connectivity index is 1.42. The van der Waals surface area contributed by atoms with E-state index in [1.165, 1.54) is 28.1 Å². The van der Waals surface area contributed by atoms with Crippen molar-refractivity contribution in [1.82, 2.24) is 29.8 Å². The Kier molecular flexibility index (Phi) is 8.61. The number of hydrogen-bond donors (Lipinski definition) is 2. The third-order valence-electron chi connectivity index (χ3n) is 5.90. The number of nitrogens with zero attached hydrogens (tertiary/aromatic N) is 5. The second-order valence-corrected chi connectivity index (χ2v) is 12.7. The topological polar surface area (TPSA) is 157 Å². The molecule has 14 heteroatoms. The number of rotatable bonds is 5. The predicted molar refractivity (Wildman–Crippen MR) is 153 cm³/mol. The zero-order valence-electron chi connectivity index (χ0n) is 24.0. The standard InChI is InChI=1S/C27H35N7O6S/c1-26(2,3)39-24(37)29-15-20(35)31-19-13-17(7-10-28-19)22-32-34-21(36)14-18(30-23(34)41-22)16-8-11-33(12-9-16)25(38)40-27(4,5)6/h7,10,13-14,16H,8-9,11-12,15H2,1-6H3,(H,29,37)(H,28,31,35). The molecule has 41 heavy (non-hydrogen) atoms. The van der Waals surface area contributed by atoms with Crippen LogP contribution in [-0.2, 0) is 14.3 Å². The molecule has 13 nitrogen and oxygen atoms in total. The lowest BCUT2D eigenvalue weighted by atomic mass is 9.93. The number of carbonyl (C=O) groups excluding carboxylic acids is 3. The third kappa shape index (κ3) is 8.22. The minimum Gasteiger partial charge on any atom is -0.444 e. The van der Waals surface area contributed by atoms with Crippen molar-refractivity contribution in [2.45, 2.75) is 71.5 Å². The maximum Gasteiger partial charge on any atom is 0.410 e. The molecule has 0 aliphatic carbocycles. The molecule has 3 aromatic heterocycles. The first-order valence-corrected chi connectivity index (χ1v) is 14.1. The van der Waals surface area contributed by atoms with Gasteiger partial charge < -0.3 is 25.0 Å². The zero-order valence-corrected chi connectivity index (χ0v) is 24.8. The van der Waals surface area contributed by atoms with Crippen molar-refractivity contribution in [2.75, 3.05) is 25.0 Å². The molecule has 0 aromatic carbocycles. The largest absolute Gasteiger partial charge is 0.444 e. The van der Waals surface area contributed by atoms with Crippen LogP contribution in [0.4, 0.5) is 15.4 Å². The number of carbonyl (C=O) groups is 3. The van der Waals surface area contributed by atoms with Crippen molar-refractivity contribution in [3.05, 3.63) is 40.4 Å². The van der Waals surface area contributed by atoms with E-state index in [1.807, 2.05) is 20.8 Å². The van der Waals surface area contributed by atoms with Crippen molar-refractivity contribution >= 4 is 40.2 Å². The normalized spacial score (nSPS) is 14.5. The number of anilines is 1. The van der Waals surface area contributed by atoms with Gasteiger partial charge in [-0.05, 0) is 66.5 Å². The summed E-state index contributed by atoms with van der Waals surface area (Å²) in [5.41, 5.74) is -0.214. The lowest BCUT2D eigenvalue weighted by Gasteiger charge is -2.33. The summed E-state index contributed by atoms with van der Waals surface area (Å²) in [7, 11) is 0. The number of ether oxygens (including phenoxy) is 2. The van der Waals surface area contributed by atoms with Crippen LogP contribution in [0.1, 0.15) is 66.0 Å². The van der Waals surface area contributed by atoms with Crippen LogP contribution in [0.3, 0.4) is 0 Å². The molecule has 0 bridgehead atoms. The average molecular weight is 586 g/mol. The Bertz CT molecular complexity index is 1500. The Morgan fingerprint density at radius 3 is 2.39 bits per heavy atom. The van der Waals surface area contributed by atoms with Gasteiger partial charge in [0.15, 0.2) is 0 Å². The first-order chi connectivity index (χ1) is 19.2. The van der Waals surface area contributed by atoms with E-state index in [4.69, 9.17) is 14.5 Å². The maximum absolute atomic E-state index is 12.9. The summed E-state index contributed by atoms with van der Waals surface area (Å²) < 4.78 is 11.8. The molecule has 3 amide bonds. The van der Waals surface area contributed by atoms with Gasteiger partial charge in [0.05, 0.1) is 5.69 Å². The van der Waals surface area contributed by atoms with Gasteiger partial charge in [0.1, 0.15) is 28.6 Å². The molecule has 2 N–H and O–H groups in total. The van der Waals surface area contributed by atoms with Crippen molar-refractivity contribution in [3.8, 4) is 10.6 Å². The smallest absolute Gasteiger partial charge is 0.410 e. The maximum atomic E-state index is 12.9. The summed E-state index contributed by atoms with van der Waals surface area (Å²) in [6.07, 6.45) is 1.82. The van der Waals surface area contributed by atoms with Crippen molar-refractivity contribution < 1.29 is 23.9 Å². The summed E-state index contributed by atoms with van der Waals surface area (Å²) >= 11 is 1.24. The summed E-state index contributed by atoms with van der Waals surface area (Å²) in [4.78, 5) is 60.4. The third-order valence-corrected chi connectivity index (χ3v) is 6.85. The number of alkyl carbamates (subject to hydrolysis) is 1. The number of piperidine rings is 1. The van der Waals surface area contributed by atoms with E-state index in [0.717, 1.165) is 0 Å². The highest BCUT2D eigenvalue weighted by atomic mass is 32.1. The quantitative estimate of drug-likeness (QED) is 0.455. The fraction of sp³-hybridized carbons (Fsp3) is 0.519. The molecular weight excluding hydrogens is 550 g/mol. The Morgan fingerprint density at radius 1 is 1.05 bits per heavy atom. The summed E-state index contributed by atoms with van der Waals surface area (Å²) in [5, 5.41) is 9.98. The molecule has 0 atom stereocenters. The van der Waals surface area contributed by atoms with E-state index in [0.29, 0.717) is 47.2 Å². The number of amides is 3. The molecule has 0 radical (unpaired) electrons. The monoisotopic (exact) mass is 585 g/mol. The van der Waals surface area contributed by atoms with Crippen molar-refractivity contribution in [3.63, 3.8) is 0 Å². The highest BCUT2D eigenvalue weighted by Gasteiger charge is 2.29. The van der Waals surface area contributed by atoms with Gasteiger partial charge in [0, 0.05) is 36.8 Å². The number of nitrogens with one attached hydrogen (secondary N) is 2. The SMILES string of the molecule is CC(C)(C)OC(=O)NCC(=O)Nc1cc(-c2nn3c(=O)cc(C4CCN(C(=O)OC(C)(C)C)CC4)nc3s2)ccn1. The highest BCUT2D eigenvalue weighted by Crippen LogP contribution is 2.30. The van der Waals surface area contributed by atoms with Crippen LogP contribution >= 0.6 is 11.3 Å². The van der Waals surface area contributed by atoms with E-state index in [2.05, 4.69) is 20.7 Å². The number of likely N-dealkylation sites (tertiary alicyclic amines) is 1. The fourth-order valence-corrected chi connectivity index (χ4v) is 5.03. The van der Waals surface area contributed by atoms with Gasteiger partial charge in [0.2, 0.25) is 10.9 Å². The minimum absolute atomic E-state index is 0.0361. The Hall–Kier alpha value is -4.07. The molecule has 220 valence electrons. The number of hydrogen-bond acceptors (Lipinski definition) is 10. The van der Waals surface area contributed by atoms with Crippen molar-refractivity contribution in [1.29, 1.82) is 0 Å². The van der Waals surface area contributed by atoms with Gasteiger partial charge >= 0.3 is 12.2 Å². The van der Waals surface area contributed by atoms with Crippen LogP contribution < -0.4 is 16.2 Å². The molecule has 0 spiro atoms. The molecule has 4 heterocycles. The molecule has 4 rings (SSSR count). The summed E-state index contributed by atoms with van der Waals surface area (Å²) in [5.74, 6) is -0.186. The van der Waals surface area contributed by atoms with E-state index in [1.54, 1.807) is 37.8 Å². The van der Waals surface area contributed by atoms with Gasteiger partial charge in [-0.1, -0.05) is 11.3 Å². The fourth-order valence-electron chi connectivity index (χ4n) is 4.12. The number of aromatic nitrogens is 4. The molecule has 1 fully saturated rings. The molecule has 1 aliphatic heterocycles. The number of fused-ring (bicyclic) bond motifs is 1. The van der Waals surface area contributed by atoms with E-state index < -0.39 is 23.2 Å². The lowest BCUT2D eigenvalue weighted by Crippen LogP contribution is -2.41. The Morgan fingerprint density at radius 2 is 1.73 bits per heavy atom. The second-order valence-electron chi connectivity index (χ2n) is 11.7. The van der Waals surface area contributed by atoms with Crippen LogP contribution in [-0.4, -0.2) is 73.4 Å². The molecule has 0 saturated carbocycles. The summed E-state index contributed by atoms with van der Waals surface area (Å²) in [6, 6.07) is 4.84. The molecule has 1 saturated heterocycles. The van der Waals surface area contributed by atoms with Crippen LogP contribution in [0.25, 0.3) is 15.5 Å². The molecule has 1 aliphatic rings. The van der Waals surface area contributed by atoms with Gasteiger partial charge in [-0.15, -0.1) is 0 Å². The highest BCUT2D eigenvalue weighted by molar-refractivity contribution is 7.19. The molecule has 0 unspecified atom stereocenters. The molecule has 3 aromatic rings. The van der Waals surface area contributed by atoms with Gasteiger partial charge in [0.25, 0.3) is 5.56 Å². The van der Waals surface area contributed by atoms with Crippen LogP contribution in [0.5, 0.6) is 0 Å². The first-order valence-electron chi connectivity index (χ1n) is 13.3. The van der Waals surface area contributed by atoms with E-state index >= 15 is 0 Å². The van der Waals surface area contributed by atoms with Crippen molar-refractivity contribution in [2.24, 2.45) is 0 Å². The van der Waals surface area contributed by atoms with Gasteiger partial charge in [-0.3, -0.25) is 9.59 Å². The number of pyridine rings is 1. The van der Waals surface area contributed by atoms with Crippen LogP contribution in [0.15, 0.2) is 29.2 Å². The van der Waals surface area contributed by atoms with Gasteiger partial charge in [-0.2, -0.15) is 9.61 Å². The second kappa shape index (κ2) is 11.8. The first kappa shape index (κ1) is 29.9. The van der Waals surface area contributed by atoms with Crippen LogP contribution in [0, 0.1) is 0 Å². The van der Waals surface area contributed by atoms with E-state index in [9.17, 15) is 19.2 Å². The van der Waals surface area contributed by atoms with Gasteiger partial charge in [-0.25, -0.2) is 19.6 Å². The average Bonchev–Trinajstić information content (AvgIpc) is 3.31. The Labute approximate surface area is 241 Å².